The molecule has 3 rings (SSSR count). The Balaban J connectivity index is 2.06. The summed E-state index contributed by atoms with van der Waals surface area (Å²) < 4.78 is 58.5. The van der Waals surface area contributed by atoms with E-state index in [1.54, 1.807) is 31.2 Å². The predicted molar refractivity (Wildman–Crippen MR) is 127 cm³/mol. The summed E-state index contributed by atoms with van der Waals surface area (Å²) in [4.78, 5) is 16.6. The summed E-state index contributed by atoms with van der Waals surface area (Å²) in [6.45, 7) is 6.29. The Morgan fingerprint density at radius 1 is 1.19 bits per heavy atom. The Hall–Kier alpha value is -3.93. The summed E-state index contributed by atoms with van der Waals surface area (Å²) in [6, 6.07) is 9.21. The zero-order chi connectivity index (χ0) is 26.6. The second-order valence-corrected chi connectivity index (χ2v) is 8.50. The quantitative estimate of drug-likeness (QED) is 0.366. The third kappa shape index (κ3) is 6.00. The number of alkyl halides is 3. The molecule has 188 valence electrons. The highest BCUT2D eigenvalue weighted by Gasteiger charge is 2.37. The molecule has 0 aliphatic heterocycles. The Morgan fingerprint density at radius 2 is 1.92 bits per heavy atom. The van der Waals surface area contributed by atoms with E-state index in [2.05, 4.69) is 4.98 Å². The van der Waals surface area contributed by atoms with Gasteiger partial charge in [-0.05, 0) is 85.9 Å². The van der Waals surface area contributed by atoms with Crippen LogP contribution in [0.4, 0.5) is 17.6 Å². The van der Waals surface area contributed by atoms with Crippen LogP contribution in [0.1, 0.15) is 70.4 Å². The molecule has 0 aliphatic rings. The van der Waals surface area contributed by atoms with E-state index in [1.165, 1.54) is 24.4 Å². The molecular weight excluding hydrogens is 474 g/mol. The van der Waals surface area contributed by atoms with Crippen molar-refractivity contribution in [3.8, 4) is 6.07 Å². The smallest absolute Gasteiger partial charge is 0.408 e. The van der Waals surface area contributed by atoms with Crippen LogP contribution >= 0.6 is 0 Å². The number of carbonyl (C=O) groups is 1. The molecule has 9 heteroatoms. The fourth-order valence-corrected chi connectivity index (χ4v) is 3.75. The molecule has 2 aromatic heterocycles. The average Bonchev–Trinajstić information content (AvgIpc) is 3.30. The minimum atomic E-state index is -4.57. The lowest BCUT2D eigenvalue weighted by molar-refractivity contribution is -0.149. The van der Waals surface area contributed by atoms with E-state index < -0.39 is 18.1 Å². The second kappa shape index (κ2) is 10.8. The van der Waals surface area contributed by atoms with E-state index in [-0.39, 0.29) is 23.1 Å². The van der Waals surface area contributed by atoms with E-state index in [0.717, 1.165) is 12.5 Å². The van der Waals surface area contributed by atoms with Gasteiger partial charge in [0.1, 0.15) is 23.7 Å². The van der Waals surface area contributed by atoms with Gasteiger partial charge in [-0.1, -0.05) is 13.0 Å². The molecule has 1 N–H and O–H groups in total. The number of nitrogens with one attached hydrogen (secondary N) is 1. The molecule has 0 radical (unpaired) electrons. The van der Waals surface area contributed by atoms with Crippen molar-refractivity contribution in [2.75, 3.05) is 0 Å². The molecule has 2 heterocycles. The maximum atomic E-state index is 14.4. The third-order valence-corrected chi connectivity index (χ3v) is 5.88. The van der Waals surface area contributed by atoms with Gasteiger partial charge in [-0.25, -0.2) is 4.39 Å². The highest BCUT2D eigenvalue weighted by Crippen LogP contribution is 2.37. The minimum absolute atomic E-state index is 0.0374. The number of nitriles is 1. The molecule has 36 heavy (non-hydrogen) atoms. The van der Waals surface area contributed by atoms with Crippen LogP contribution in [0.5, 0.6) is 0 Å². The van der Waals surface area contributed by atoms with Gasteiger partial charge in [0.15, 0.2) is 0 Å². The lowest BCUT2D eigenvalue weighted by Crippen LogP contribution is -2.43. The van der Waals surface area contributed by atoms with Crippen molar-refractivity contribution in [1.82, 2.24) is 10.3 Å². The number of hydrogen-bond donors (Lipinski definition) is 1. The number of rotatable bonds is 7. The number of aryl methyl sites for hydroxylation is 2. The van der Waals surface area contributed by atoms with E-state index in [1.807, 2.05) is 25.2 Å². The number of carbonyl (C=O) groups excluding carboxylic acids is 1. The van der Waals surface area contributed by atoms with Gasteiger partial charge in [0.2, 0.25) is 5.76 Å². The van der Waals surface area contributed by atoms with Gasteiger partial charge < -0.3 is 9.73 Å². The van der Waals surface area contributed by atoms with Crippen LogP contribution in [0.15, 0.2) is 47.0 Å². The Bertz CT molecular complexity index is 1320. The van der Waals surface area contributed by atoms with E-state index in [4.69, 9.17) is 9.68 Å². The normalized spacial score (nSPS) is 13.7. The van der Waals surface area contributed by atoms with Crippen molar-refractivity contribution < 1.29 is 26.8 Å². The van der Waals surface area contributed by atoms with Gasteiger partial charge in [0, 0.05) is 12.1 Å². The third-order valence-electron chi connectivity index (χ3n) is 5.88. The summed E-state index contributed by atoms with van der Waals surface area (Å²) in [7, 11) is 0. The second-order valence-electron chi connectivity index (χ2n) is 8.50. The van der Waals surface area contributed by atoms with Crippen molar-refractivity contribution in [3.05, 3.63) is 87.9 Å². The topological polar surface area (TPSA) is 78.9 Å². The first-order valence-corrected chi connectivity index (χ1v) is 11.3. The van der Waals surface area contributed by atoms with Gasteiger partial charge in [0.25, 0.3) is 5.91 Å². The molecule has 2 unspecified atom stereocenters. The summed E-state index contributed by atoms with van der Waals surface area (Å²) in [6.07, 6.45) is -1.06. The van der Waals surface area contributed by atoms with Crippen molar-refractivity contribution in [3.63, 3.8) is 0 Å². The van der Waals surface area contributed by atoms with Gasteiger partial charge in [-0.15, -0.1) is 0 Å². The van der Waals surface area contributed by atoms with Crippen molar-refractivity contribution in [2.45, 2.75) is 52.3 Å². The number of pyridine rings is 1. The van der Waals surface area contributed by atoms with Gasteiger partial charge in [-0.2, -0.15) is 18.4 Å². The molecule has 1 amide bonds. The highest BCUT2D eigenvalue weighted by molar-refractivity contribution is 5.94. The number of furan rings is 1. The van der Waals surface area contributed by atoms with E-state index in [0.29, 0.717) is 34.6 Å². The molecule has 0 saturated carbocycles. The van der Waals surface area contributed by atoms with Crippen LogP contribution in [-0.4, -0.2) is 23.1 Å². The van der Waals surface area contributed by atoms with Gasteiger partial charge >= 0.3 is 6.18 Å². The number of hydrogen-bond acceptors (Lipinski definition) is 4. The van der Waals surface area contributed by atoms with Crippen LogP contribution in [-0.2, 0) is 0 Å². The van der Waals surface area contributed by atoms with Crippen molar-refractivity contribution in [1.29, 1.82) is 5.26 Å². The molecule has 3 aromatic rings. The maximum absolute atomic E-state index is 14.4. The first kappa shape index (κ1) is 26.7. The molecule has 0 fully saturated rings. The Morgan fingerprint density at radius 3 is 2.47 bits per heavy atom. The van der Waals surface area contributed by atoms with Crippen molar-refractivity contribution >= 4 is 17.6 Å². The monoisotopic (exact) mass is 499 g/mol. The molecule has 2 atom stereocenters. The summed E-state index contributed by atoms with van der Waals surface area (Å²) in [5.41, 5.74) is 2.97. The average molecular weight is 500 g/mol. The number of halogens is 4. The van der Waals surface area contributed by atoms with Crippen molar-refractivity contribution in [2.24, 2.45) is 0 Å². The fourth-order valence-electron chi connectivity index (χ4n) is 3.75. The van der Waals surface area contributed by atoms with Gasteiger partial charge in [0.05, 0.1) is 11.3 Å². The molecule has 0 spiro atoms. The molecule has 0 aliphatic carbocycles. The van der Waals surface area contributed by atoms with E-state index in [9.17, 15) is 22.4 Å². The zero-order valence-electron chi connectivity index (χ0n) is 20.2. The standard InChI is InChI=1S/C27H25F4N3O2/c1-5-21(25-9-7-20(13-32)36-25)22(11-19-12-23(28)16(3)10-15(19)2)24-8-6-18(14-33-24)26(35)34-17(4)27(29,30)31/h6-12,14,17,21H,5H2,1-4H3,(H,34,35). The molecule has 1 aromatic carbocycles. The summed E-state index contributed by atoms with van der Waals surface area (Å²) >= 11 is 0. The van der Waals surface area contributed by atoms with Crippen LogP contribution in [0, 0.1) is 31.0 Å². The first-order valence-electron chi connectivity index (χ1n) is 11.3. The van der Waals surface area contributed by atoms with Gasteiger partial charge in [-0.3, -0.25) is 9.78 Å². The number of nitrogens with zero attached hydrogens (tertiary/aromatic N) is 2. The SMILES string of the molecule is CCC(C(=Cc1cc(F)c(C)cc1C)c1ccc(C(=O)NC(C)C(F)(F)F)cn1)c1ccc(C#N)o1. The number of aromatic nitrogens is 1. The number of benzene rings is 1. The predicted octanol–water partition coefficient (Wildman–Crippen LogP) is 6.72. The Kier molecular flexibility index (Phi) is 7.98. The number of amides is 1. The molecule has 0 bridgehead atoms. The van der Waals surface area contributed by atoms with Crippen LogP contribution < -0.4 is 5.32 Å². The summed E-state index contributed by atoms with van der Waals surface area (Å²) in [5, 5.41) is 11.1. The molecular formula is C27H25F4N3O2. The van der Waals surface area contributed by atoms with E-state index >= 15 is 0 Å². The Labute approximate surface area is 206 Å². The lowest BCUT2D eigenvalue weighted by Gasteiger charge is -2.19. The largest absolute Gasteiger partial charge is 0.450 e. The zero-order valence-corrected chi connectivity index (χ0v) is 20.2. The first-order chi connectivity index (χ1) is 16.9. The molecule has 0 saturated heterocycles. The number of allylic oxidation sites excluding steroid dienone is 1. The lowest BCUT2D eigenvalue weighted by atomic mass is 9.88. The highest BCUT2D eigenvalue weighted by atomic mass is 19.4. The molecule has 5 nitrogen and oxygen atoms in total. The van der Waals surface area contributed by atoms with Crippen LogP contribution in [0.3, 0.4) is 0 Å². The fraction of sp³-hybridized carbons (Fsp3) is 0.296. The van der Waals surface area contributed by atoms with Crippen LogP contribution in [0.2, 0.25) is 0 Å². The maximum Gasteiger partial charge on any atom is 0.408 e. The summed E-state index contributed by atoms with van der Waals surface area (Å²) in [5.74, 6) is -0.999. The van der Waals surface area contributed by atoms with Crippen LogP contribution in [0.25, 0.3) is 11.6 Å². The minimum Gasteiger partial charge on any atom is -0.450 e.